The van der Waals surface area contributed by atoms with Gasteiger partial charge in [0.2, 0.25) is 0 Å². The van der Waals surface area contributed by atoms with Gasteiger partial charge in [-0.1, -0.05) is 0 Å². The van der Waals surface area contributed by atoms with Crippen LogP contribution in [-0.4, -0.2) is 33.5 Å². The molecule has 0 saturated heterocycles. The molecule has 108 valence electrons. The third kappa shape index (κ3) is 3.66. The van der Waals surface area contributed by atoms with Gasteiger partial charge in [-0.15, -0.1) is 0 Å². The maximum absolute atomic E-state index is 12.5. The highest BCUT2D eigenvalue weighted by Gasteiger charge is 2.37. The monoisotopic (exact) mass is 279 g/mol. The Morgan fingerprint density at radius 3 is 1.89 bits per heavy atom. The fraction of sp³-hybridized carbons (Fsp3) is 0.500. The molecule has 19 heavy (non-hydrogen) atoms. The molecule has 0 aromatic heterocycles. The highest BCUT2D eigenvalue weighted by atomic mass is 19.4. The molecule has 0 saturated carbocycles. The predicted octanol–water partition coefficient (Wildman–Crippen LogP) is 2.14. The Morgan fingerprint density at radius 1 is 1.00 bits per heavy atom. The lowest BCUT2D eigenvalue weighted by atomic mass is 10.0. The Hall–Kier alpha value is -1.63. The minimum atomic E-state index is -4.46. The van der Waals surface area contributed by atoms with Crippen molar-refractivity contribution >= 4 is 0 Å². The van der Waals surface area contributed by atoms with Gasteiger partial charge in [-0.2, -0.15) is 13.2 Å². The van der Waals surface area contributed by atoms with Crippen molar-refractivity contribution in [2.75, 3.05) is 21.3 Å². The van der Waals surface area contributed by atoms with E-state index >= 15 is 0 Å². The highest BCUT2D eigenvalue weighted by Crippen LogP contribution is 2.36. The van der Waals surface area contributed by atoms with Gasteiger partial charge in [0.25, 0.3) is 0 Å². The predicted molar refractivity (Wildman–Crippen MR) is 63.8 cm³/mol. The number of methoxy groups -OCH3 is 3. The largest absolute Gasteiger partial charge is 0.496 e. The van der Waals surface area contributed by atoms with Crippen LogP contribution < -0.4 is 19.9 Å². The van der Waals surface area contributed by atoms with Crippen LogP contribution in [0.1, 0.15) is 5.56 Å². The first-order chi connectivity index (χ1) is 8.83. The Labute approximate surface area is 109 Å². The van der Waals surface area contributed by atoms with E-state index in [1.54, 1.807) is 0 Å². The molecule has 0 heterocycles. The molecule has 7 heteroatoms. The summed E-state index contributed by atoms with van der Waals surface area (Å²) in [7, 11) is 4.19. The fourth-order valence-electron chi connectivity index (χ4n) is 1.60. The van der Waals surface area contributed by atoms with Crippen LogP contribution in [0.25, 0.3) is 0 Å². The van der Waals surface area contributed by atoms with E-state index in [1.165, 1.54) is 33.5 Å². The van der Waals surface area contributed by atoms with Crippen molar-refractivity contribution in [3.63, 3.8) is 0 Å². The molecule has 4 nitrogen and oxygen atoms in total. The van der Waals surface area contributed by atoms with Gasteiger partial charge in [0.1, 0.15) is 11.8 Å². The quantitative estimate of drug-likeness (QED) is 0.897. The van der Waals surface area contributed by atoms with Crippen LogP contribution in [0.4, 0.5) is 13.2 Å². The van der Waals surface area contributed by atoms with Crippen LogP contribution in [0.15, 0.2) is 12.1 Å². The number of ether oxygens (including phenoxy) is 3. The summed E-state index contributed by atoms with van der Waals surface area (Å²) >= 11 is 0. The molecule has 0 aliphatic heterocycles. The Bertz CT molecular complexity index is 435. The molecular weight excluding hydrogens is 263 g/mol. The summed E-state index contributed by atoms with van der Waals surface area (Å²) in [5.74, 6) is 0.980. The number of rotatable bonds is 5. The maximum atomic E-state index is 12.5. The SMILES string of the molecule is COc1cc(OC)c(OC)cc1CC(N)C(F)(F)F. The second-order valence-corrected chi connectivity index (χ2v) is 3.87. The molecule has 0 fully saturated rings. The fourth-order valence-corrected chi connectivity index (χ4v) is 1.60. The van der Waals surface area contributed by atoms with Gasteiger partial charge in [-0.25, -0.2) is 0 Å². The van der Waals surface area contributed by atoms with Crippen molar-refractivity contribution in [1.82, 2.24) is 0 Å². The van der Waals surface area contributed by atoms with Crippen LogP contribution in [0, 0.1) is 0 Å². The molecule has 0 aliphatic rings. The second kappa shape index (κ2) is 6.01. The summed E-state index contributed by atoms with van der Waals surface area (Å²) in [4.78, 5) is 0. The van der Waals surface area contributed by atoms with Crippen molar-refractivity contribution in [2.24, 2.45) is 5.73 Å². The van der Waals surface area contributed by atoms with Gasteiger partial charge in [0.05, 0.1) is 21.3 Å². The minimum Gasteiger partial charge on any atom is -0.496 e. The van der Waals surface area contributed by atoms with Crippen molar-refractivity contribution < 1.29 is 27.4 Å². The normalized spacial score (nSPS) is 13.0. The Morgan fingerprint density at radius 2 is 1.47 bits per heavy atom. The van der Waals surface area contributed by atoms with E-state index in [2.05, 4.69) is 0 Å². The zero-order valence-corrected chi connectivity index (χ0v) is 10.9. The number of hydrogen-bond acceptors (Lipinski definition) is 4. The van der Waals surface area contributed by atoms with Gasteiger partial charge in [0.15, 0.2) is 11.5 Å². The first kappa shape index (κ1) is 15.4. The lowest BCUT2D eigenvalue weighted by Gasteiger charge is -2.18. The van der Waals surface area contributed by atoms with Gasteiger partial charge in [-0.3, -0.25) is 0 Å². The molecule has 1 rings (SSSR count). The molecule has 0 bridgehead atoms. The van der Waals surface area contributed by atoms with E-state index in [0.717, 1.165) is 0 Å². The smallest absolute Gasteiger partial charge is 0.403 e. The number of halogens is 3. The molecule has 0 aliphatic carbocycles. The van der Waals surface area contributed by atoms with E-state index in [1.807, 2.05) is 0 Å². The van der Waals surface area contributed by atoms with Crippen molar-refractivity contribution in [1.29, 1.82) is 0 Å². The number of alkyl halides is 3. The van der Waals surface area contributed by atoms with Crippen LogP contribution >= 0.6 is 0 Å². The topological polar surface area (TPSA) is 53.7 Å². The van der Waals surface area contributed by atoms with E-state index < -0.39 is 18.6 Å². The third-order valence-electron chi connectivity index (χ3n) is 2.65. The number of nitrogens with two attached hydrogens (primary N) is 1. The molecule has 1 atom stereocenters. The minimum absolute atomic E-state index is 0.275. The van der Waals surface area contributed by atoms with E-state index in [9.17, 15) is 13.2 Å². The van der Waals surface area contributed by atoms with Crippen molar-refractivity contribution in [3.05, 3.63) is 17.7 Å². The number of benzene rings is 1. The lowest BCUT2D eigenvalue weighted by molar-refractivity contribution is -0.147. The molecule has 1 aromatic rings. The van der Waals surface area contributed by atoms with Crippen LogP contribution in [0.2, 0.25) is 0 Å². The molecule has 1 unspecified atom stereocenters. The summed E-state index contributed by atoms with van der Waals surface area (Å²) in [6.45, 7) is 0. The maximum Gasteiger partial charge on any atom is 0.403 e. The van der Waals surface area contributed by atoms with Gasteiger partial charge >= 0.3 is 6.18 Å². The molecule has 0 spiro atoms. The zero-order valence-electron chi connectivity index (χ0n) is 10.9. The van der Waals surface area contributed by atoms with Gasteiger partial charge < -0.3 is 19.9 Å². The third-order valence-corrected chi connectivity index (χ3v) is 2.65. The first-order valence-corrected chi connectivity index (χ1v) is 5.44. The van der Waals surface area contributed by atoms with Crippen LogP contribution in [-0.2, 0) is 6.42 Å². The van der Waals surface area contributed by atoms with Gasteiger partial charge in [0, 0.05) is 12.5 Å². The average Bonchev–Trinajstić information content (AvgIpc) is 2.36. The summed E-state index contributed by atoms with van der Waals surface area (Å²) in [5, 5.41) is 0. The standard InChI is InChI=1S/C12H16F3NO3/c1-17-8-6-10(19-3)9(18-2)4-7(8)5-11(16)12(13,14)15/h4,6,11H,5,16H2,1-3H3. The Balaban J connectivity index is 3.12. The van der Waals surface area contributed by atoms with Gasteiger partial charge in [-0.05, 0) is 11.6 Å². The molecule has 0 radical (unpaired) electrons. The summed E-state index contributed by atoms with van der Waals surface area (Å²) in [5.41, 5.74) is 5.43. The summed E-state index contributed by atoms with van der Waals surface area (Å²) in [6.07, 6.45) is -4.86. The highest BCUT2D eigenvalue weighted by molar-refractivity contribution is 5.51. The average molecular weight is 279 g/mol. The first-order valence-electron chi connectivity index (χ1n) is 5.44. The molecular formula is C12H16F3NO3. The number of hydrogen-bond donors (Lipinski definition) is 1. The Kier molecular flexibility index (Phi) is 4.88. The molecule has 1 aromatic carbocycles. The van der Waals surface area contributed by atoms with Crippen molar-refractivity contribution in [2.45, 2.75) is 18.6 Å². The zero-order chi connectivity index (χ0) is 14.6. The van der Waals surface area contributed by atoms with Crippen molar-refractivity contribution in [3.8, 4) is 17.2 Å². The van der Waals surface area contributed by atoms with Crippen LogP contribution in [0.3, 0.4) is 0 Å². The molecule has 0 amide bonds. The summed E-state index contributed by atoms with van der Waals surface area (Å²) < 4.78 is 52.6. The molecule has 2 N–H and O–H groups in total. The van der Waals surface area contributed by atoms with Crippen LogP contribution in [0.5, 0.6) is 17.2 Å². The second-order valence-electron chi connectivity index (χ2n) is 3.87. The lowest BCUT2D eigenvalue weighted by Crippen LogP contribution is -2.39. The van der Waals surface area contributed by atoms with E-state index in [4.69, 9.17) is 19.9 Å². The van der Waals surface area contributed by atoms with E-state index in [0.29, 0.717) is 17.1 Å². The summed E-state index contributed by atoms with van der Waals surface area (Å²) in [6, 6.07) is 0.945. The van der Waals surface area contributed by atoms with E-state index in [-0.39, 0.29) is 5.75 Å².